The number of ether oxygens (including phenoxy) is 1. The van der Waals surface area contributed by atoms with E-state index in [-0.39, 0.29) is 11.4 Å². The smallest absolute Gasteiger partial charge is 0.268 e. The molecular formula is C16H16N2O3S. The number of rotatable bonds is 4. The Balaban J connectivity index is 2.26. The van der Waals surface area contributed by atoms with E-state index in [9.17, 15) is 8.42 Å². The van der Waals surface area contributed by atoms with E-state index in [0.717, 1.165) is 10.9 Å². The van der Waals surface area contributed by atoms with Crippen LogP contribution in [0, 0.1) is 0 Å². The molecule has 0 saturated heterocycles. The van der Waals surface area contributed by atoms with Crippen molar-refractivity contribution in [1.82, 2.24) is 3.97 Å². The molecule has 22 heavy (non-hydrogen) atoms. The van der Waals surface area contributed by atoms with Crippen LogP contribution in [0.3, 0.4) is 0 Å². The molecule has 0 atom stereocenters. The van der Waals surface area contributed by atoms with Gasteiger partial charge in [-0.1, -0.05) is 18.2 Å². The molecule has 0 aliphatic heterocycles. The van der Waals surface area contributed by atoms with E-state index in [1.165, 1.54) is 3.97 Å². The largest absolute Gasteiger partial charge is 0.496 e. The molecule has 3 aromatic rings. The van der Waals surface area contributed by atoms with Crippen LogP contribution in [-0.2, 0) is 16.6 Å². The first-order chi connectivity index (χ1) is 10.6. The third kappa shape index (κ3) is 2.17. The Bertz CT molecular complexity index is 915. The van der Waals surface area contributed by atoms with Crippen LogP contribution >= 0.6 is 0 Å². The van der Waals surface area contributed by atoms with E-state index in [0.29, 0.717) is 11.3 Å². The third-order valence-electron chi connectivity index (χ3n) is 3.63. The Morgan fingerprint density at radius 1 is 1.09 bits per heavy atom. The van der Waals surface area contributed by atoms with Crippen LogP contribution in [-0.4, -0.2) is 19.5 Å². The summed E-state index contributed by atoms with van der Waals surface area (Å²) >= 11 is 0. The lowest BCUT2D eigenvalue weighted by molar-refractivity contribution is 0.410. The van der Waals surface area contributed by atoms with Crippen molar-refractivity contribution in [1.29, 1.82) is 0 Å². The number of hydrogen-bond donors (Lipinski definition) is 1. The zero-order chi connectivity index (χ0) is 15.7. The quantitative estimate of drug-likeness (QED) is 0.802. The highest BCUT2D eigenvalue weighted by molar-refractivity contribution is 7.90. The number of benzene rings is 2. The predicted molar refractivity (Wildman–Crippen MR) is 85.4 cm³/mol. The summed E-state index contributed by atoms with van der Waals surface area (Å²) in [6, 6.07) is 13.6. The Kier molecular flexibility index (Phi) is 3.64. The normalized spacial score (nSPS) is 11.7. The van der Waals surface area contributed by atoms with E-state index >= 15 is 0 Å². The molecule has 2 N–H and O–H groups in total. The summed E-state index contributed by atoms with van der Waals surface area (Å²) in [5.41, 5.74) is 7.16. The summed E-state index contributed by atoms with van der Waals surface area (Å²) in [4.78, 5) is 0.248. The number of fused-ring (bicyclic) bond motifs is 1. The fourth-order valence-corrected chi connectivity index (χ4v) is 3.92. The van der Waals surface area contributed by atoms with Gasteiger partial charge < -0.3 is 10.5 Å². The van der Waals surface area contributed by atoms with Gasteiger partial charge in [-0.25, -0.2) is 12.4 Å². The zero-order valence-corrected chi connectivity index (χ0v) is 12.9. The first kappa shape index (κ1) is 14.6. The Hall–Kier alpha value is -2.31. The first-order valence-electron chi connectivity index (χ1n) is 6.77. The fourth-order valence-electron chi connectivity index (χ4n) is 2.55. The summed E-state index contributed by atoms with van der Waals surface area (Å²) < 4.78 is 32.1. The minimum Gasteiger partial charge on any atom is -0.496 e. The van der Waals surface area contributed by atoms with E-state index in [1.807, 2.05) is 0 Å². The lowest BCUT2D eigenvalue weighted by Crippen LogP contribution is -2.11. The first-order valence-corrected chi connectivity index (χ1v) is 8.21. The lowest BCUT2D eigenvalue weighted by atomic mass is 10.1. The lowest BCUT2D eigenvalue weighted by Gasteiger charge is -2.10. The van der Waals surface area contributed by atoms with Crippen LogP contribution < -0.4 is 10.5 Å². The van der Waals surface area contributed by atoms with Crippen LogP contribution in [0.25, 0.3) is 10.9 Å². The Morgan fingerprint density at radius 3 is 2.45 bits per heavy atom. The van der Waals surface area contributed by atoms with Crippen molar-refractivity contribution in [3.8, 4) is 5.75 Å². The fraction of sp³-hybridized carbons (Fsp3) is 0.125. The second-order valence-corrected chi connectivity index (χ2v) is 6.63. The zero-order valence-electron chi connectivity index (χ0n) is 12.1. The van der Waals surface area contributed by atoms with Crippen molar-refractivity contribution >= 4 is 20.9 Å². The molecule has 5 nitrogen and oxygen atoms in total. The van der Waals surface area contributed by atoms with Crippen molar-refractivity contribution in [2.24, 2.45) is 5.73 Å². The Labute approximate surface area is 129 Å². The summed E-state index contributed by atoms with van der Waals surface area (Å²) in [5, 5.41) is 0.779. The SMILES string of the molecule is COc1ccc2c(ccn2S(=O)(=O)c2ccccc2)c1CN. The van der Waals surface area contributed by atoms with Crippen LogP contribution in [0.2, 0.25) is 0 Å². The molecule has 2 aromatic carbocycles. The molecule has 0 radical (unpaired) electrons. The molecule has 0 saturated carbocycles. The van der Waals surface area contributed by atoms with Gasteiger partial charge in [0.25, 0.3) is 10.0 Å². The van der Waals surface area contributed by atoms with Gasteiger partial charge in [-0.15, -0.1) is 0 Å². The average molecular weight is 316 g/mol. The topological polar surface area (TPSA) is 74.3 Å². The molecule has 0 aliphatic carbocycles. The number of hydrogen-bond acceptors (Lipinski definition) is 4. The standard InChI is InChI=1S/C16H16N2O3S/c1-21-16-8-7-15-13(14(16)11-17)9-10-18(15)22(19,20)12-5-3-2-4-6-12/h2-10H,11,17H2,1H3. The van der Waals surface area contributed by atoms with Gasteiger partial charge in [0, 0.05) is 23.7 Å². The second-order valence-electron chi connectivity index (χ2n) is 4.81. The van der Waals surface area contributed by atoms with Crippen molar-refractivity contribution in [3.63, 3.8) is 0 Å². The van der Waals surface area contributed by atoms with Crippen molar-refractivity contribution in [2.75, 3.05) is 7.11 Å². The molecule has 0 amide bonds. The number of nitrogens with zero attached hydrogens (tertiary/aromatic N) is 1. The average Bonchev–Trinajstić information content (AvgIpc) is 2.99. The van der Waals surface area contributed by atoms with Gasteiger partial charge in [-0.2, -0.15) is 0 Å². The molecule has 0 fully saturated rings. The molecule has 0 bridgehead atoms. The highest BCUT2D eigenvalue weighted by atomic mass is 32.2. The van der Waals surface area contributed by atoms with E-state index in [2.05, 4.69) is 0 Å². The molecule has 6 heteroatoms. The molecule has 0 spiro atoms. The number of methoxy groups -OCH3 is 1. The monoisotopic (exact) mass is 316 g/mol. The van der Waals surface area contributed by atoms with Gasteiger partial charge in [-0.3, -0.25) is 0 Å². The molecule has 0 unspecified atom stereocenters. The summed E-state index contributed by atoms with van der Waals surface area (Å²) in [7, 11) is -2.06. The van der Waals surface area contributed by atoms with Crippen LogP contribution in [0.4, 0.5) is 0 Å². The van der Waals surface area contributed by atoms with E-state index in [4.69, 9.17) is 10.5 Å². The second kappa shape index (κ2) is 5.47. The van der Waals surface area contributed by atoms with Gasteiger partial charge in [0.2, 0.25) is 0 Å². The van der Waals surface area contributed by atoms with Gasteiger partial charge in [0.15, 0.2) is 0 Å². The number of aromatic nitrogens is 1. The Morgan fingerprint density at radius 2 is 1.82 bits per heavy atom. The third-order valence-corrected chi connectivity index (χ3v) is 5.33. The van der Waals surface area contributed by atoms with Crippen LogP contribution in [0.5, 0.6) is 5.75 Å². The summed E-state index contributed by atoms with van der Waals surface area (Å²) in [6.45, 7) is 0.274. The highest BCUT2D eigenvalue weighted by Crippen LogP contribution is 2.30. The van der Waals surface area contributed by atoms with Gasteiger partial charge in [0.1, 0.15) is 5.75 Å². The number of nitrogens with two attached hydrogens (primary N) is 1. The van der Waals surface area contributed by atoms with Gasteiger partial charge >= 0.3 is 0 Å². The van der Waals surface area contributed by atoms with E-state index < -0.39 is 10.0 Å². The molecule has 3 rings (SSSR count). The molecule has 1 aromatic heterocycles. The maximum atomic E-state index is 12.8. The minimum absolute atomic E-state index is 0.248. The van der Waals surface area contributed by atoms with Crippen molar-refractivity contribution in [3.05, 3.63) is 60.3 Å². The molecule has 1 heterocycles. The molecule has 0 aliphatic rings. The molecular weight excluding hydrogens is 300 g/mol. The maximum absolute atomic E-state index is 12.8. The minimum atomic E-state index is -3.63. The summed E-state index contributed by atoms with van der Waals surface area (Å²) in [5.74, 6) is 0.657. The van der Waals surface area contributed by atoms with Crippen molar-refractivity contribution in [2.45, 2.75) is 11.4 Å². The van der Waals surface area contributed by atoms with Gasteiger partial charge in [-0.05, 0) is 30.3 Å². The van der Waals surface area contributed by atoms with E-state index in [1.54, 1.807) is 61.8 Å². The van der Waals surface area contributed by atoms with Crippen LogP contribution in [0.1, 0.15) is 5.56 Å². The van der Waals surface area contributed by atoms with Crippen LogP contribution in [0.15, 0.2) is 59.6 Å². The highest BCUT2D eigenvalue weighted by Gasteiger charge is 2.20. The molecule has 114 valence electrons. The maximum Gasteiger partial charge on any atom is 0.268 e. The van der Waals surface area contributed by atoms with Gasteiger partial charge in [0.05, 0.1) is 17.5 Å². The predicted octanol–water partition coefficient (Wildman–Crippen LogP) is 2.35. The summed E-state index contributed by atoms with van der Waals surface area (Å²) in [6.07, 6.45) is 1.55. The van der Waals surface area contributed by atoms with Crippen molar-refractivity contribution < 1.29 is 13.2 Å².